The van der Waals surface area contributed by atoms with Crippen LogP contribution < -0.4 is 5.56 Å². The number of hydrogen-bond donors (Lipinski definition) is 0. The number of hydrogen-bond acceptors (Lipinski definition) is 2. The molecule has 1 heterocycles. The zero-order valence-corrected chi connectivity index (χ0v) is 13.1. The first kappa shape index (κ1) is 16.1. The maximum absolute atomic E-state index is 13.1. The van der Waals surface area contributed by atoms with Gasteiger partial charge in [0.25, 0.3) is 5.56 Å². The number of carbonyl (C=O) groups is 1. The second-order valence-corrected chi connectivity index (χ2v) is 5.83. The largest absolute Gasteiger partial charge is 0.308 e. The van der Waals surface area contributed by atoms with Gasteiger partial charge >= 0.3 is 0 Å². The Morgan fingerprint density at radius 2 is 1.77 bits per heavy atom. The molecule has 0 aliphatic rings. The minimum absolute atomic E-state index is 0.189. The molecule has 0 N–H and O–H groups in total. The van der Waals surface area contributed by atoms with Gasteiger partial charge in [-0.25, -0.2) is 4.39 Å². The normalized spacial score (nSPS) is 11.0. The minimum atomic E-state index is -0.319. The van der Waals surface area contributed by atoms with Crippen LogP contribution in [0.3, 0.4) is 0 Å². The van der Waals surface area contributed by atoms with Gasteiger partial charge in [-0.05, 0) is 61.2 Å². The Morgan fingerprint density at radius 1 is 1.14 bits per heavy atom. The summed E-state index contributed by atoms with van der Waals surface area (Å²) < 4.78 is 14.7. The smallest absolute Gasteiger partial charge is 0.261 e. The quantitative estimate of drug-likeness (QED) is 0.786. The van der Waals surface area contributed by atoms with Crippen LogP contribution in [-0.2, 0) is 6.54 Å². The van der Waals surface area contributed by atoms with E-state index in [2.05, 4.69) is 13.8 Å². The van der Waals surface area contributed by atoms with Gasteiger partial charge in [0, 0.05) is 6.54 Å². The fourth-order valence-corrected chi connectivity index (χ4v) is 2.33. The number of halogens is 1. The van der Waals surface area contributed by atoms with Gasteiger partial charge in [-0.15, -0.1) is 0 Å². The van der Waals surface area contributed by atoms with Crippen LogP contribution in [0.1, 0.15) is 37.6 Å². The molecule has 0 saturated carbocycles. The lowest BCUT2D eigenvalue weighted by Gasteiger charge is -2.15. The van der Waals surface area contributed by atoms with Gasteiger partial charge in [0.1, 0.15) is 5.82 Å². The number of pyridine rings is 1. The summed E-state index contributed by atoms with van der Waals surface area (Å²) in [4.78, 5) is 24.1. The van der Waals surface area contributed by atoms with Gasteiger partial charge in [0.15, 0.2) is 5.78 Å². The second kappa shape index (κ2) is 6.69. The Balaban J connectivity index is 2.57. The zero-order chi connectivity index (χ0) is 16.3. The summed E-state index contributed by atoms with van der Waals surface area (Å²) in [5.41, 5.74) is 1.37. The lowest BCUT2D eigenvalue weighted by Crippen LogP contribution is -2.27. The van der Waals surface area contributed by atoms with Crippen molar-refractivity contribution >= 4 is 5.78 Å². The van der Waals surface area contributed by atoms with E-state index >= 15 is 0 Å². The highest BCUT2D eigenvalue weighted by Gasteiger charge is 2.13. The summed E-state index contributed by atoms with van der Waals surface area (Å²) >= 11 is 0. The van der Waals surface area contributed by atoms with Crippen LogP contribution in [0, 0.1) is 11.7 Å². The summed E-state index contributed by atoms with van der Waals surface area (Å²) in [6.45, 7) is 6.08. The van der Waals surface area contributed by atoms with Crippen molar-refractivity contribution < 1.29 is 9.18 Å². The molecule has 0 atom stereocenters. The molecule has 1 aromatic heterocycles. The molecule has 0 fully saturated rings. The number of Topliss-reactive ketones (excluding diaryl/α,β-unsaturated/α-hetero) is 1. The van der Waals surface area contributed by atoms with Gasteiger partial charge in [0.2, 0.25) is 0 Å². The molecule has 0 saturated heterocycles. The molecule has 1 aromatic carbocycles. The Labute approximate surface area is 129 Å². The third-order valence-electron chi connectivity index (χ3n) is 3.62. The molecule has 116 valence electrons. The molecule has 3 nitrogen and oxygen atoms in total. The molecular formula is C18H20FNO2. The van der Waals surface area contributed by atoms with E-state index < -0.39 is 0 Å². The Hall–Kier alpha value is -2.23. The van der Waals surface area contributed by atoms with E-state index in [0.29, 0.717) is 18.2 Å². The predicted octanol–water partition coefficient (Wildman–Crippen LogP) is 3.90. The fourth-order valence-electron chi connectivity index (χ4n) is 2.33. The maximum Gasteiger partial charge on any atom is 0.261 e. The van der Waals surface area contributed by atoms with Gasteiger partial charge in [-0.3, -0.25) is 9.59 Å². The molecule has 22 heavy (non-hydrogen) atoms. The lowest BCUT2D eigenvalue weighted by molar-refractivity contribution is 0.101. The van der Waals surface area contributed by atoms with E-state index in [0.717, 1.165) is 12.0 Å². The molecule has 2 aromatic rings. The van der Waals surface area contributed by atoms with Gasteiger partial charge < -0.3 is 4.57 Å². The van der Waals surface area contributed by atoms with Crippen molar-refractivity contribution in [3.8, 4) is 11.3 Å². The number of nitrogens with zero attached hydrogens (tertiary/aromatic N) is 1. The SMILES string of the molecule is CC(=O)c1ccc(-c2ccc(F)cc2)n(CCC(C)C)c1=O. The van der Waals surface area contributed by atoms with Crippen molar-refractivity contribution in [3.63, 3.8) is 0 Å². The number of carbonyl (C=O) groups excluding carboxylic acids is 1. The third-order valence-corrected chi connectivity index (χ3v) is 3.62. The first-order valence-corrected chi connectivity index (χ1v) is 7.41. The van der Waals surface area contributed by atoms with Crippen LogP contribution in [0.5, 0.6) is 0 Å². The summed E-state index contributed by atoms with van der Waals surface area (Å²) in [6, 6.07) is 9.32. The Morgan fingerprint density at radius 3 is 2.32 bits per heavy atom. The topological polar surface area (TPSA) is 39.1 Å². The monoisotopic (exact) mass is 301 g/mol. The Bertz CT molecular complexity index is 730. The van der Waals surface area contributed by atoms with E-state index in [-0.39, 0.29) is 22.7 Å². The molecule has 0 spiro atoms. The average Bonchev–Trinajstić information content (AvgIpc) is 2.46. The van der Waals surface area contributed by atoms with Gasteiger partial charge in [-0.1, -0.05) is 13.8 Å². The molecular weight excluding hydrogens is 281 g/mol. The number of rotatable bonds is 5. The van der Waals surface area contributed by atoms with Crippen molar-refractivity contribution in [1.82, 2.24) is 4.57 Å². The standard InChI is InChI=1S/C18H20FNO2/c1-12(2)10-11-20-17(14-4-6-15(19)7-5-14)9-8-16(13(3)21)18(20)22/h4-9,12H,10-11H2,1-3H3. The molecule has 4 heteroatoms. The van der Waals surface area contributed by atoms with Crippen molar-refractivity contribution in [2.45, 2.75) is 33.7 Å². The lowest BCUT2D eigenvalue weighted by atomic mass is 10.1. The van der Waals surface area contributed by atoms with Gasteiger partial charge in [0.05, 0.1) is 11.3 Å². The van der Waals surface area contributed by atoms with Crippen molar-refractivity contribution in [3.05, 3.63) is 58.1 Å². The first-order chi connectivity index (χ1) is 10.4. The first-order valence-electron chi connectivity index (χ1n) is 7.41. The van der Waals surface area contributed by atoms with Crippen molar-refractivity contribution in [2.24, 2.45) is 5.92 Å². The van der Waals surface area contributed by atoms with Crippen LogP contribution in [-0.4, -0.2) is 10.4 Å². The van der Waals surface area contributed by atoms with Crippen LogP contribution in [0.15, 0.2) is 41.2 Å². The maximum atomic E-state index is 13.1. The van der Waals surface area contributed by atoms with Crippen LogP contribution >= 0.6 is 0 Å². The van der Waals surface area contributed by atoms with Crippen molar-refractivity contribution in [1.29, 1.82) is 0 Å². The van der Waals surface area contributed by atoms with Crippen LogP contribution in [0.4, 0.5) is 4.39 Å². The summed E-state index contributed by atoms with van der Waals surface area (Å²) in [7, 11) is 0. The second-order valence-electron chi connectivity index (χ2n) is 5.83. The zero-order valence-electron chi connectivity index (χ0n) is 13.1. The predicted molar refractivity (Wildman–Crippen MR) is 85.6 cm³/mol. The Kier molecular flexibility index (Phi) is 4.91. The molecule has 0 aliphatic heterocycles. The molecule has 0 bridgehead atoms. The number of benzene rings is 1. The molecule has 2 rings (SSSR count). The molecule has 0 amide bonds. The highest BCUT2D eigenvalue weighted by Crippen LogP contribution is 2.20. The highest BCUT2D eigenvalue weighted by molar-refractivity contribution is 5.94. The van der Waals surface area contributed by atoms with E-state index in [1.54, 1.807) is 28.8 Å². The number of aromatic nitrogens is 1. The third kappa shape index (κ3) is 3.50. The van der Waals surface area contributed by atoms with Gasteiger partial charge in [-0.2, -0.15) is 0 Å². The summed E-state index contributed by atoms with van der Waals surface area (Å²) in [5.74, 6) is -0.122. The molecule has 0 radical (unpaired) electrons. The van der Waals surface area contributed by atoms with E-state index in [9.17, 15) is 14.0 Å². The fraction of sp³-hybridized carbons (Fsp3) is 0.333. The highest BCUT2D eigenvalue weighted by atomic mass is 19.1. The van der Waals surface area contributed by atoms with E-state index in [4.69, 9.17) is 0 Å². The van der Waals surface area contributed by atoms with E-state index in [1.807, 2.05) is 0 Å². The minimum Gasteiger partial charge on any atom is -0.308 e. The van der Waals surface area contributed by atoms with Crippen molar-refractivity contribution in [2.75, 3.05) is 0 Å². The number of ketones is 1. The summed E-state index contributed by atoms with van der Waals surface area (Å²) in [5, 5.41) is 0. The van der Waals surface area contributed by atoms with Crippen LogP contribution in [0.2, 0.25) is 0 Å². The molecule has 0 unspecified atom stereocenters. The average molecular weight is 301 g/mol. The van der Waals surface area contributed by atoms with Crippen LogP contribution in [0.25, 0.3) is 11.3 Å². The van der Waals surface area contributed by atoms with E-state index in [1.165, 1.54) is 19.1 Å². The summed E-state index contributed by atoms with van der Waals surface area (Å²) in [6.07, 6.45) is 0.829. The molecule has 0 aliphatic carbocycles.